The van der Waals surface area contributed by atoms with Gasteiger partial charge in [0.2, 0.25) is 5.91 Å². The van der Waals surface area contributed by atoms with Crippen molar-refractivity contribution in [1.82, 2.24) is 9.80 Å². The first-order chi connectivity index (χ1) is 10.1. The topological polar surface area (TPSA) is 32.8 Å². The van der Waals surface area contributed by atoms with Gasteiger partial charge in [0, 0.05) is 39.6 Å². The van der Waals surface area contributed by atoms with E-state index in [1.54, 1.807) is 0 Å². The van der Waals surface area contributed by atoms with E-state index in [4.69, 9.17) is 4.74 Å². The maximum absolute atomic E-state index is 11.7. The van der Waals surface area contributed by atoms with Crippen LogP contribution in [0.4, 0.5) is 0 Å². The van der Waals surface area contributed by atoms with E-state index in [0.29, 0.717) is 6.42 Å². The molecular weight excluding hydrogens is 264 g/mol. The number of amides is 1. The van der Waals surface area contributed by atoms with Gasteiger partial charge in [0.05, 0.1) is 6.61 Å². The van der Waals surface area contributed by atoms with Gasteiger partial charge in [-0.3, -0.25) is 9.69 Å². The van der Waals surface area contributed by atoms with E-state index in [1.807, 2.05) is 11.9 Å². The molecule has 1 aromatic carbocycles. The van der Waals surface area contributed by atoms with E-state index in [0.717, 1.165) is 45.0 Å². The Morgan fingerprint density at radius 3 is 2.76 bits per heavy atom. The molecule has 4 heteroatoms. The molecule has 0 saturated carbocycles. The highest BCUT2D eigenvalue weighted by molar-refractivity contribution is 5.76. The first kappa shape index (κ1) is 15.8. The Balaban J connectivity index is 1.96. The molecule has 1 aliphatic rings. The Kier molecular flexibility index (Phi) is 5.62. The Hall–Kier alpha value is -1.55. The molecule has 4 nitrogen and oxygen atoms in total. The zero-order chi connectivity index (χ0) is 15.2. The van der Waals surface area contributed by atoms with Crippen LogP contribution >= 0.6 is 0 Å². The standard InChI is InChI=1S/C17H26N2O2/c1-4-11-21-16-6-5-15(12-14(16)2)13-19-8-7-17(20)18(3)9-10-19/h5-6,12H,4,7-11,13H2,1-3H3. The largest absolute Gasteiger partial charge is 0.493 e. The SMILES string of the molecule is CCCOc1ccc(CN2CCC(=O)N(C)CC2)cc1C. The molecule has 1 fully saturated rings. The van der Waals surface area contributed by atoms with Crippen molar-refractivity contribution in [2.45, 2.75) is 33.2 Å². The van der Waals surface area contributed by atoms with E-state index < -0.39 is 0 Å². The van der Waals surface area contributed by atoms with Crippen molar-refractivity contribution < 1.29 is 9.53 Å². The van der Waals surface area contributed by atoms with Gasteiger partial charge in [0.1, 0.15) is 5.75 Å². The summed E-state index contributed by atoms with van der Waals surface area (Å²) in [5, 5.41) is 0. The van der Waals surface area contributed by atoms with Gasteiger partial charge < -0.3 is 9.64 Å². The van der Waals surface area contributed by atoms with Gasteiger partial charge >= 0.3 is 0 Å². The average Bonchev–Trinajstić information content (AvgIpc) is 2.62. The number of aryl methyl sites for hydroxylation is 1. The third-order valence-corrected chi connectivity index (χ3v) is 3.93. The van der Waals surface area contributed by atoms with Gasteiger partial charge in [-0.25, -0.2) is 0 Å². The van der Waals surface area contributed by atoms with E-state index in [2.05, 4.69) is 36.9 Å². The predicted octanol–water partition coefficient (Wildman–Crippen LogP) is 2.45. The highest BCUT2D eigenvalue weighted by Gasteiger charge is 2.17. The summed E-state index contributed by atoms with van der Waals surface area (Å²) in [6.07, 6.45) is 1.64. The normalized spacial score (nSPS) is 16.9. The zero-order valence-corrected chi connectivity index (χ0v) is 13.4. The number of hydrogen-bond acceptors (Lipinski definition) is 3. The molecule has 0 spiro atoms. The number of carbonyl (C=O) groups excluding carboxylic acids is 1. The molecular formula is C17H26N2O2. The second kappa shape index (κ2) is 7.46. The molecule has 0 aliphatic carbocycles. The van der Waals surface area contributed by atoms with Crippen molar-refractivity contribution in [2.75, 3.05) is 33.3 Å². The second-order valence-electron chi connectivity index (χ2n) is 5.79. The Morgan fingerprint density at radius 1 is 1.24 bits per heavy atom. The molecule has 2 rings (SSSR count). The minimum Gasteiger partial charge on any atom is -0.493 e. The predicted molar refractivity (Wildman–Crippen MR) is 84.5 cm³/mol. The molecule has 116 valence electrons. The van der Waals surface area contributed by atoms with Crippen molar-refractivity contribution in [3.05, 3.63) is 29.3 Å². The van der Waals surface area contributed by atoms with Crippen molar-refractivity contribution in [1.29, 1.82) is 0 Å². The Labute approximate surface area is 127 Å². The van der Waals surface area contributed by atoms with Crippen LogP contribution in [-0.4, -0.2) is 49.0 Å². The molecule has 0 atom stereocenters. The van der Waals surface area contributed by atoms with Gasteiger partial charge in [0.15, 0.2) is 0 Å². The molecule has 1 saturated heterocycles. The highest BCUT2D eigenvalue weighted by Crippen LogP contribution is 2.20. The van der Waals surface area contributed by atoms with Gasteiger partial charge in [-0.1, -0.05) is 19.1 Å². The molecule has 0 bridgehead atoms. The quantitative estimate of drug-likeness (QED) is 0.835. The third kappa shape index (κ3) is 4.46. The lowest BCUT2D eigenvalue weighted by atomic mass is 10.1. The second-order valence-corrected chi connectivity index (χ2v) is 5.79. The lowest BCUT2D eigenvalue weighted by molar-refractivity contribution is -0.129. The summed E-state index contributed by atoms with van der Waals surface area (Å²) in [6.45, 7) is 8.47. The van der Waals surface area contributed by atoms with Gasteiger partial charge in [-0.05, 0) is 30.5 Å². The summed E-state index contributed by atoms with van der Waals surface area (Å²) in [5.41, 5.74) is 2.47. The first-order valence-electron chi connectivity index (χ1n) is 7.78. The van der Waals surface area contributed by atoms with E-state index in [1.165, 1.54) is 11.1 Å². The van der Waals surface area contributed by atoms with E-state index in [9.17, 15) is 4.79 Å². The fourth-order valence-corrected chi connectivity index (χ4v) is 2.57. The van der Waals surface area contributed by atoms with Crippen molar-refractivity contribution in [3.63, 3.8) is 0 Å². The zero-order valence-electron chi connectivity index (χ0n) is 13.4. The van der Waals surface area contributed by atoms with Gasteiger partial charge in [-0.2, -0.15) is 0 Å². The smallest absolute Gasteiger partial charge is 0.223 e. The fourth-order valence-electron chi connectivity index (χ4n) is 2.57. The van der Waals surface area contributed by atoms with Crippen LogP contribution in [0, 0.1) is 6.92 Å². The van der Waals surface area contributed by atoms with Crippen LogP contribution in [0.5, 0.6) is 5.75 Å². The van der Waals surface area contributed by atoms with Crippen LogP contribution in [-0.2, 0) is 11.3 Å². The van der Waals surface area contributed by atoms with Crippen LogP contribution < -0.4 is 4.74 Å². The lowest BCUT2D eigenvalue weighted by Gasteiger charge is -2.20. The Morgan fingerprint density at radius 2 is 2.05 bits per heavy atom. The van der Waals surface area contributed by atoms with Crippen LogP contribution in [0.3, 0.4) is 0 Å². The highest BCUT2D eigenvalue weighted by atomic mass is 16.5. The van der Waals surface area contributed by atoms with Gasteiger partial charge in [-0.15, -0.1) is 0 Å². The van der Waals surface area contributed by atoms with Gasteiger partial charge in [0.25, 0.3) is 0 Å². The number of rotatable bonds is 5. The monoisotopic (exact) mass is 290 g/mol. The van der Waals surface area contributed by atoms with E-state index in [-0.39, 0.29) is 5.91 Å². The number of carbonyl (C=O) groups is 1. The first-order valence-corrected chi connectivity index (χ1v) is 7.78. The van der Waals surface area contributed by atoms with E-state index >= 15 is 0 Å². The van der Waals surface area contributed by atoms with Crippen LogP contribution in [0.25, 0.3) is 0 Å². The number of likely N-dealkylation sites (N-methyl/N-ethyl adjacent to an activating group) is 1. The maximum Gasteiger partial charge on any atom is 0.223 e. The molecule has 0 unspecified atom stereocenters. The molecule has 1 amide bonds. The Bertz CT molecular complexity index is 488. The summed E-state index contributed by atoms with van der Waals surface area (Å²) in [4.78, 5) is 15.9. The summed E-state index contributed by atoms with van der Waals surface area (Å²) in [6, 6.07) is 6.39. The summed E-state index contributed by atoms with van der Waals surface area (Å²) >= 11 is 0. The summed E-state index contributed by atoms with van der Waals surface area (Å²) in [5.74, 6) is 1.23. The maximum atomic E-state index is 11.7. The van der Waals surface area contributed by atoms with Crippen LogP contribution in [0.2, 0.25) is 0 Å². The van der Waals surface area contributed by atoms with Crippen molar-refractivity contribution in [2.24, 2.45) is 0 Å². The number of benzene rings is 1. The molecule has 0 radical (unpaired) electrons. The molecule has 1 heterocycles. The average molecular weight is 290 g/mol. The van der Waals surface area contributed by atoms with Crippen molar-refractivity contribution >= 4 is 5.91 Å². The van der Waals surface area contributed by atoms with Crippen LogP contribution in [0.15, 0.2) is 18.2 Å². The third-order valence-electron chi connectivity index (χ3n) is 3.93. The number of nitrogens with zero attached hydrogens (tertiary/aromatic N) is 2. The summed E-state index contributed by atoms with van der Waals surface area (Å²) in [7, 11) is 1.88. The molecule has 1 aromatic rings. The van der Waals surface area contributed by atoms with Crippen LogP contribution in [0.1, 0.15) is 30.9 Å². The molecule has 1 aliphatic heterocycles. The van der Waals surface area contributed by atoms with Crippen molar-refractivity contribution in [3.8, 4) is 5.75 Å². The fraction of sp³-hybridized carbons (Fsp3) is 0.588. The minimum absolute atomic E-state index is 0.247. The summed E-state index contributed by atoms with van der Waals surface area (Å²) < 4.78 is 5.71. The lowest BCUT2D eigenvalue weighted by Crippen LogP contribution is -2.29. The number of ether oxygens (including phenoxy) is 1. The minimum atomic E-state index is 0.247. The number of hydrogen-bond donors (Lipinski definition) is 0. The molecule has 0 aromatic heterocycles. The molecule has 0 N–H and O–H groups in total. The molecule has 21 heavy (non-hydrogen) atoms.